The molecule has 138 valence electrons. The molecule has 3 rings (SSSR count). The lowest BCUT2D eigenvalue weighted by Gasteiger charge is -2.19. The van der Waals surface area contributed by atoms with Crippen molar-refractivity contribution in [1.82, 2.24) is 4.72 Å². The topological polar surface area (TPSA) is 93.7 Å². The van der Waals surface area contributed by atoms with Crippen LogP contribution in [0, 0.1) is 13.8 Å². The highest BCUT2D eigenvalue weighted by atomic mass is 32.2. The summed E-state index contributed by atoms with van der Waals surface area (Å²) in [6.07, 6.45) is 0. The van der Waals surface area contributed by atoms with Crippen LogP contribution in [0.25, 0.3) is 0 Å². The minimum atomic E-state index is -3.85. The maximum absolute atomic E-state index is 12.4. The zero-order valence-electron chi connectivity index (χ0n) is 14.5. The Morgan fingerprint density at radius 1 is 1.08 bits per heavy atom. The maximum atomic E-state index is 12.4. The molecule has 8 heteroatoms. The summed E-state index contributed by atoms with van der Waals surface area (Å²) >= 11 is 0. The molecular weight excluding hydrogens is 356 g/mol. The van der Waals surface area contributed by atoms with E-state index in [2.05, 4.69) is 10.0 Å². The predicted octanol–water partition coefficient (Wildman–Crippen LogP) is 1.99. The van der Waals surface area contributed by atoms with Gasteiger partial charge < -0.3 is 14.8 Å². The van der Waals surface area contributed by atoms with E-state index in [-0.39, 0.29) is 11.4 Å². The summed E-state index contributed by atoms with van der Waals surface area (Å²) in [5.41, 5.74) is 2.64. The average molecular weight is 376 g/mol. The van der Waals surface area contributed by atoms with Gasteiger partial charge in [0, 0.05) is 11.8 Å². The number of anilines is 1. The van der Waals surface area contributed by atoms with Crippen molar-refractivity contribution in [3.05, 3.63) is 47.5 Å². The van der Waals surface area contributed by atoms with Gasteiger partial charge in [-0.15, -0.1) is 0 Å². The van der Waals surface area contributed by atoms with E-state index in [4.69, 9.17) is 9.47 Å². The van der Waals surface area contributed by atoms with Crippen LogP contribution in [0.3, 0.4) is 0 Å². The van der Waals surface area contributed by atoms with E-state index >= 15 is 0 Å². The second-order valence-electron chi connectivity index (χ2n) is 5.93. The van der Waals surface area contributed by atoms with Crippen LogP contribution in [-0.4, -0.2) is 34.1 Å². The van der Waals surface area contributed by atoms with E-state index in [9.17, 15) is 13.2 Å². The predicted molar refractivity (Wildman–Crippen MR) is 97.2 cm³/mol. The number of sulfonamides is 1. The van der Waals surface area contributed by atoms with E-state index in [1.807, 2.05) is 26.0 Å². The van der Waals surface area contributed by atoms with Gasteiger partial charge in [-0.1, -0.05) is 12.1 Å². The third-order valence-corrected chi connectivity index (χ3v) is 5.52. The highest BCUT2D eigenvalue weighted by molar-refractivity contribution is 7.89. The van der Waals surface area contributed by atoms with Crippen molar-refractivity contribution in [2.75, 3.05) is 25.1 Å². The van der Waals surface area contributed by atoms with E-state index in [1.165, 1.54) is 12.1 Å². The number of aryl methyl sites for hydroxylation is 1. The number of carbonyl (C=O) groups excluding carboxylic acids is 1. The SMILES string of the molecule is Cc1cccc(NC(=O)CNS(=O)(=O)c2ccc3c(c2)OCCO3)c1C. The van der Waals surface area contributed by atoms with Gasteiger partial charge in [0.2, 0.25) is 15.9 Å². The summed E-state index contributed by atoms with van der Waals surface area (Å²) in [7, 11) is -3.85. The molecule has 2 aromatic rings. The average Bonchev–Trinajstić information content (AvgIpc) is 2.63. The third kappa shape index (κ3) is 3.97. The number of fused-ring (bicyclic) bond motifs is 1. The first-order valence-electron chi connectivity index (χ1n) is 8.12. The molecule has 1 aliphatic heterocycles. The Bertz CT molecular complexity index is 941. The third-order valence-electron chi connectivity index (χ3n) is 4.13. The van der Waals surface area contributed by atoms with Gasteiger partial charge in [0.1, 0.15) is 13.2 Å². The van der Waals surface area contributed by atoms with Gasteiger partial charge >= 0.3 is 0 Å². The summed E-state index contributed by atoms with van der Waals surface area (Å²) in [4.78, 5) is 12.1. The lowest BCUT2D eigenvalue weighted by molar-refractivity contribution is -0.115. The Hall–Kier alpha value is -2.58. The molecule has 1 heterocycles. The minimum Gasteiger partial charge on any atom is -0.486 e. The van der Waals surface area contributed by atoms with Crippen molar-refractivity contribution in [3.63, 3.8) is 0 Å². The van der Waals surface area contributed by atoms with Gasteiger partial charge in [-0.2, -0.15) is 0 Å². The van der Waals surface area contributed by atoms with Gasteiger partial charge in [0.05, 0.1) is 11.4 Å². The molecule has 1 amide bonds. The molecular formula is C18H20N2O5S. The zero-order valence-corrected chi connectivity index (χ0v) is 15.4. The van der Waals surface area contributed by atoms with Crippen molar-refractivity contribution in [2.24, 2.45) is 0 Å². The second-order valence-corrected chi connectivity index (χ2v) is 7.69. The Labute approximate surface area is 152 Å². The molecule has 1 aliphatic rings. The summed E-state index contributed by atoms with van der Waals surface area (Å²) in [6, 6.07) is 9.89. The van der Waals surface area contributed by atoms with Gasteiger partial charge in [0.25, 0.3) is 0 Å². The smallest absolute Gasteiger partial charge is 0.241 e. The number of amides is 1. The summed E-state index contributed by atoms with van der Waals surface area (Å²) in [5.74, 6) is 0.432. The molecule has 2 aromatic carbocycles. The number of hydrogen-bond donors (Lipinski definition) is 2. The molecule has 0 aliphatic carbocycles. The molecule has 0 spiro atoms. The molecule has 7 nitrogen and oxygen atoms in total. The van der Waals surface area contributed by atoms with Crippen LogP contribution in [0.15, 0.2) is 41.3 Å². The van der Waals surface area contributed by atoms with Crippen molar-refractivity contribution in [1.29, 1.82) is 0 Å². The molecule has 0 aromatic heterocycles. The van der Waals surface area contributed by atoms with Crippen LogP contribution >= 0.6 is 0 Å². The monoisotopic (exact) mass is 376 g/mol. The van der Waals surface area contributed by atoms with Crippen molar-refractivity contribution >= 4 is 21.6 Å². The van der Waals surface area contributed by atoms with E-state index in [0.29, 0.717) is 30.4 Å². The van der Waals surface area contributed by atoms with Crippen molar-refractivity contribution in [2.45, 2.75) is 18.7 Å². The number of rotatable bonds is 5. The summed E-state index contributed by atoms with van der Waals surface area (Å²) in [5, 5.41) is 2.71. The highest BCUT2D eigenvalue weighted by Crippen LogP contribution is 2.32. The molecule has 0 saturated carbocycles. The number of nitrogens with one attached hydrogen (secondary N) is 2. The lowest BCUT2D eigenvalue weighted by atomic mass is 10.1. The molecule has 0 radical (unpaired) electrons. The summed E-state index contributed by atoms with van der Waals surface area (Å²) < 4.78 is 37.9. The molecule has 0 bridgehead atoms. The first-order valence-corrected chi connectivity index (χ1v) is 9.60. The van der Waals surface area contributed by atoms with E-state index in [1.54, 1.807) is 12.1 Å². The fourth-order valence-electron chi connectivity index (χ4n) is 2.52. The lowest BCUT2D eigenvalue weighted by Crippen LogP contribution is -2.33. The van der Waals surface area contributed by atoms with Crippen LogP contribution in [0.4, 0.5) is 5.69 Å². The Balaban J connectivity index is 1.66. The number of carbonyl (C=O) groups is 1. The van der Waals surface area contributed by atoms with Crippen molar-refractivity contribution < 1.29 is 22.7 Å². The minimum absolute atomic E-state index is 0.0151. The van der Waals surface area contributed by atoms with Crippen LogP contribution in [0.2, 0.25) is 0 Å². The molecule has 0 unspecified atom stereocenters. The van der Waals surface area contributed by atoms with E-state index < -0.39 is 15.9 Å². The molecule has 0 saturated heterocycles. The highest BCUT2D eigenvalue weighted by Gasteiger charge is 2.20. The van der Waals surface area contributed by atoms with Crippen LogP contribution in [0.5, 0.6) is 11.5 Å². The molecule has 26 heavy (non-hydrogen) atoms. The molecule has 0 fully saturated rings. The maximum Gasteiger partial charge on any atom is 0.241 e. The van der Waals surface area contributed by atoms with Crippen LogP contribution < -0.4 is 19.5 Å². The number of hydrogen-bond acceptors (Lipinski definition) is 5. The van der Waals surface area contributed by atoms with Gasteiger partial charge in [-0.05, 0) is 43.2 Å². The van der Waals surface area contributed by atoms with Crippen LogP contribution in [-0.2, 0) is 14.8 Å². The van der Waals surface area contributed by atoms with Gasteiger partial charge in [-0.3, -0.25) is 4.79 Å². The van der Waals surface area contributed by atoms with Crippen molar-refractivity contribution in [3.8, 4) is 11.5 Å². The fraction of sp³-hybridized carbons (Fsp3) is 0.278. The Morgan fingerprint density at radius 3 is 2.58 bits per heavy atom. The molecule has 0 atom stereocenters. The Kier molecular flexibility index (Phi) is 5.15. The first kappa shape index (κ1) is 18.2. The number of benzene rings is 2. The second kappa shape index (κ2) is 7.35. The van der Waals surface area contributed by atoms with Gasteiger partial charge in [0.15, 0.2) is 11.5 Å². The molecule has 2 N–H and O–H groups in total. The normalized spacial score (nSPS) is 13.3. The summed E-state index contributed by atoms with van der Waals surface area (Å²) in [6.45, 7) is 4.25. The largest absolute Gasteiger partial charge is 0.486 e. The van der Waals surface area contributed by atoms with Gasteiger partial charge in [-0.25, -0.2) is 13.1 Å². The number of ether oxygens (including phenoxy) is 2. The zero-order chi connectivity index (χ0) is 18.7. The Morgan fingerprint density at radius 2 is 1.81 bits per heavy atom. The quantitative estimate of drug-likeness (QED) is 0.832. The van der Waals surface area contributed by atoms with E-state index in [0.717, 1.165) is 11.1 Å². The fourth-order valence-corrected chi connectivity index (χ4v) is 3.51. The standard InChI is InChI=1S/C18H20N2O5S/c1-12-4-3-5-15(13(12)2)20-18(21)11-19-26(22,23)14-6-7-16-17(10-14)25-9-8-24-16/h3-7,10,19H,8-9,11H2,1-2H3,(H,20,21). The first-order chi connectivity index (χ1) is 12.4. The van der Waals surface area contributed by atoms with Crippen LogP contribution in [0.1, 0.15) is 11.1 Å².